The van der Waals surface area contributed by atoms with Gasteiger partial charge in [-0.3, -0.25) is 4.98 Å². The van der Waals surface area contributed by atoms with E-state index < -0.39 is 5.92 Å². The van der Waals surface area contributed by atoms with Crippen molar-refractivity contribution in [1.29, 1.82) is 0 Å². The molecule has 8 heteroatoms. The van der Waals surface area contributed by atoms with Crippen LogP contribution >= 0.6 is 0 Å². The topological polar surface area (TPSA) is 138 Å². The monoisotopic (exact) mass is 680 g/mol. The van der Waals surface area contributed by atoms with Crippen LogP contribution in [0.4, 0.5) is 0 Å². The zero-order valence-electron chi connectivity index (χ0n) is 27.7. The van der Waals surface area contributed by atoms with E-state index in [4.69, 9.17) is 9.97 Å². The molecule has 0 radical (unpaired) electrons. The molecule has 9 rings (SSSR count). The number of aromatic hydroxyl groups is 4. The fourth-order valence-corrected chi connectivity index (χ4v) is 7.40. The molecule has 7 aromatic rings. The Hall–Kier alpha value is -7.06. The Kier molecular flexibility index (Phi) is 7.36. The van der Waals surface area contributed by atoms with Crippen LogP contribution in [0.3, 0.4) is 0 Å². The van der Waals surface area contributed by atoms with Gasteiger partial charge in [0.05, 0.1) is 22.6 Å². The molecule has 6 N–H and O–H groups in total. The predicted molar refractivity (Wildman–Crippen MR) is 205 cm³/mol. The lowest BCUT2D eigenvalue weighted by atomic mass is 9.86. The summed E-state index contributed by atoms with van der Waals surface area (Å²) >= 11 is 0. The van der Waals surface area contributed by atoms with E-state index in [1.54, 1.807) is 48.5 Å². The Labute approximate surface area is 298 Å². The first-order valence-corrected chi connectivity index (χ1v) is 17.0. The van der Waals surface area contributed by atoms with Crippen LogP contribution in [0.1, 0.15) is 34.3 Å². The van der Waals surface area contributed by atoms with Crippen molar-refractivity contribution in [3.63, 3.8) is 0 Å². The van der Waals surface area contributed by atoms with Gasteiger partial charge in [0.1, 0.15) is 23.0 Å². The van der Waals surface area contributed by atoms with Gasteiger partial charge < -0.3 is 30.4 Å². The number of fused-ring (bicyclic) bond motifs is 8. The van der Waals surface area contributed by atoms with Crippen molar-refractivity contribution >= 4 is 34.2 Å². The van der Waals surface area contributed by atoms with E-state index in [1.807, 2.05) is 91.0 Å². The number of aromatic nitrogens is 4. The largest absolute Gasteiger partial charge is 0.508 e. The van der Waals surface area contributed by atoms with Crippen LogP contribution < -0.4 is 0 Å². The van der Waals surface area contributed by atoms with E-state index in [-0.39, 0.29) is 23.0 Å². The molecule has 3 aromatic heterocycles. The maximum Gasteiger partial charge on any atom is 0.123 e. The highest BCUT2D eigenvalue weighted by Gasteiger charge is 2.31. The number of phenolic OH excluding ortho intramolecular Hbond substituents is 4. The third kappa shape index (κ3) is 5.34. The van der Waals surface area contributed by atoms with Crippen molar-refractivity contribution in [3.8, 4) is 56.4 Å². The minimum atomic E-state index is -0.417. The number of rotatable bonds is 4. The highest BCUT2D eigenvalue weighted by Crippen LogP contribution is 2.50. The minimum Gasteiger partial charge on any atom is -0.508 e. The van der Waals surface area contributed by atoms with Gasteiger partial charge in [0.15, 0.2) is 0 Å². The number of hydrogen-bond donors (Lipinski definition) is 6. The van der Waals surface area contributed by atoms with Crippen LogP contribution in [-0.4, -0.2) is 40.4 Å². The van der Waals surface area contributed by atoms with Crippen molar-refractivity contribution in [2.24, 2.45) is 0 Å². The maximum atomic E-state index is 11.6. The zero-order valence-corrected chi connectivity index (χ0v) is 27.7. The Morgan fingerprint density at radius 1 is 0.500 bits per heavy atom. The summed E-state index contributed by atoms with van der Waals surface area (Å²) in [5, 5.41) is 45.8. The summed E-state index contributed by atoms with van der Waals surface area (Å²) in [6.45, 7) is 0. The molecule has 8 nitrogen and oxygen atoms in total. The smallest absolute Gasteiger partial charge is 0.123 e. The first-order valence-electron chi connectivity index (χ1n) is 17.0. The molecule has 52 heavy (non-hydrogen) atoms. The molecule has 2 aliphatic rings. The molecule has 5 heterocycles. The fourth-order valence-electron chi connectivity index (χ4n) is 7.40. The number of phenols is 4. The van der Waals surface area contributed by atoms with Gasteiger partial charge in [-0.2, -0.15) is 0 Å². The van der Waals surface area contributed by atoms with E-state index in [9.17, 15) is 20.4 Å². The van der Waals surface area contributed by atoms with Gasteiger partial charge in [0.25, 0.3) is 0 Å². The van der Waals surface area contributed by atoms with Crippen molar-refractivity contribution in [2.45, 2.75) is 12.3 Å². The summed E-state index contributed by atoms with van der Waals surface area (Å²) in [5.41, 5.74) is 9.77. The van der Waals surface area contributed by atoms with Gasteiger partial charge in [-0.1, -0.05) is 72.8 Å². The van der Waals surface area contributed by atoms with Gasteiger partial charge in [-0.05, 0) is 66.7 Å². The average Bonchev–Trinajstić information content (AvgIpc) is 3.95. The second-order valence-corrected chi connectivity index (χ2v) is 13.0. The molecule has 8 bridgehead atoms. The van der Waals surface area contributed by atoms with Crippen LogP contribution in [0.15, 0.2) is 127 Å². The molecule has 2 aliphatic heterocycles. The molecule has 0 spiro atoms. The molecule has 0 saturated carbocycles. The Morgan fingerprint density at radius 2 is 1.04 bits per heavy atom. The first-order chi connectivity index (χ1) is 25.4. The number of nitrogens with zero attached hydrogens (tertiary/aromatic N) is 2. The summed E-state index contributed by atoms with van der Waals surface area (Å²) in [6, 6.07) is 38.4. The molecule has 0 amide bonds. The third-order valence-electron chi connectivity index (χ3n) is 9.71. The molecule has 1 unspecified atom stereocenters. The molecule has 0 fully saturated rings. The fraction of sp³-hybridized carbons (Fsp3) is 0.0455. The highest BCUT2D eigenvalue weighted by atomic mass is 16.3. The number of nitrogens with one attached hydrogen (secondary N) is 2. The second-order valence-electron chi connectivity index (χ2n) is 13.0. The standard InChI is InChI=1S/C44H32N4O4/c49-36-13-5-1-9-30(36)34-23-29-22-27-18-17-25(45-27)21-26-19-20-28(46-26)24-35-40(31-10-2-6-14-37(31)50)41(32-11-3-7-15-38(32)51)44(48-35)42(43(34)47-29)33-12-4-8-16-39(33)52/h1-22,24,34,45,48-52H,23H2. The normalized spacial score (nSPS) is 13.7. The Balaban J connectivity index is 1.57. The SMILES string of the molecule is Oc1ccccc1-c1c(-c2ccccc2O)c2[nH]c1cc1nc(cc3ccc(cc4nc(c2-c2ccccc2O)C(c2ccccc2O)C4)[nH]3)C=C1. The summed E-state index contributed by atoms with van der Waals surface area (Å²) in [6.07, 6.45) is 4.34. The van der Waals surface area contributed by atoms with E-state index in [0.29, 0.717) is 67.8 Å². The van der Waals surface area contributed by atoms with Crippen LogP contribution in [0, 0.1) is 0 Å². The lowest BCUT2D eigenvalue weighted by Gasteiger charge is -2.17. The zero-order chi connectivity index (χ0) is 35.3. The lowest BCUT2D eigenvalue weighted by molar-refractivity contribution is 0.465. The maximum absolute atomic E-state index is 11.6. The van der Waals surface area contributed by atoms with E-state index in [0.717, 1.165) is 22.4 Å². The number of hydrogen-bond acceptors (Lipinski definition) is 6. The third-order valence-corrected chi connectivity index (χ3v) is 9.71. The van der Waals surface area contributed by atoms with Gasteiger partial charge in [-0.15, -0.1) is 0 Å². The Morgan fingerprint density at radius 3 is 1.67 bits per heavy atom. The summed E-state index contributed by atoms with van der Waals surface area (Å²) < 4.78 is 0. The van der Waals surface area contributed by atoms with Gasteiger partial charge in [0, 0.05) is 73.5 Å². The molecular weight excluding hydrogens is 649 g/mol. The molecule has 0 aliphatic carbocycles. The molecule has 1 atom stereocenters. The number of benzene rings is 4. The molecule has 0 saturated heterocycles. The van der Waals surface area contributed by atoms with Gasteiger partial charge in [0.2, 0.25) is 0 Å². The number of para-hydroxylation sites is 4. The second kappa shape index (κ2) is 12.4. The molecular formula is C44H32N4O4. The lowest BCUT2D eigenvalue weighted by Crippen LogP contribution is -2.02. The minimum absolute atomic E-state index is 0.0300. The summed E-state index contributed by atoms with van der Waals surface area (Å²) in [7, 11) is 0. The van der Waals surface area contributed by atoms with E-state index >= 15 is 0 Å². The van der Waals surface area contributed by atoms with E-state index in [2.05, 4.69) is 9.97 Å². The van der Waals surface area contributed by atoms with Crippen molar-refractivity contribution in [1.82, 2.24) is 19.9 Å². The highest BCUT2D eigenvalue weighted by molar-refractivity contribution is 6.10. The molecule has 4 aromatic carbocycles. The van der Waals surface area contributed by atoms with Crippen LogP contribution in [0.25, 0.3) is 67.6 Å². The van der Waals surface area contributed by atoms with Crippen molar-refractivity contribution in [2.75, 3.05) is 0 Å². The van der Waals surface area contributed by atoms with E-state index in [1.165, 1.54) is 0 Å². The molecule has 252 valence electrons. The van der Waals surface area contributed by atoms with Crippen molar-refractivity contribution in [3.05, 3.63) is 156 Å². The van der Waals surface area contributed by atoms with Crippen LogP contribution in [0.2, 0.25) is 0 Å². The Bertz CT molecular complexity index is 2740. The van der Waals surface area contributed by atoms with Gasteiger partial charge in [-0.25, -0.2) is 4.98 Å². The average molecular weight is 681 g/mol. The summed E-state index contributed by atoms with van der Waals surface area (Å²) in [4.78, 5) is 17.3. The number of H-pyrrole nitrogens is 2. The van der Waals surface area contributed by atoms with Gasteiger partial charge >= 0.3 is 0 Å². The first kappa shape index (κ1) is 31.0. The predicted octanol–water partition coefficient (Wildman–Crippen LogP) is 9.68. The summed E-state index contributed by atoms with van der Waals surface area (Å²) in [5.74, 6) is -0.168. The van der Waals surface area contributed by atoms with Crippen LogP contribution in [0.5, 0.6) is 23.0 Å². The number of aromatic amines is 2. The van der Waals surface area contributed by atoms with Crippen molar-refractivity contribution < 1.29 is 20.4 Å². The quantitative estimate of drug-likeness (QED) is 0.109. The van der Waals surface area contributed by atoms with Crippen LogP contribution in [-0.2, 0) is 6.42 Å².